The van der Waals surface area contributed by atoms with Crippen molar-refractivity contribution < 1.29 is 4.74 Å². The van der Waals surface area contributed by atoms with Crippen LogP contribution in [-0.4, -0.2) is 11.5 Å². The van der Waals surface area contributed by atoms with Gasteiger partial charge in [0.25, 0.3) is 0 Å². The Hall–Kier alpha value is -1.39. The lowest BCUT2D eigenvalue weighted by atomic mass is 10.1. The van der Waals surface area contributed by atoms with Gasteiger partial charge in [0.15, 0.2) is 0 Å². The summed E-state index contributed by atoms with van der Waals surface area (Å²) in [5.74, 6) is 0.978. The zero-order valence-corrected chi connectivity index (χ0v) is 11.6. The second-order valence-electron chi connectivity index (χ2n) is 4.11. The Bertz CT molecular complexity index is 483. The average molecular weight is 262 g/mol. The van der Waals surface area contributed by atoms with Crippen LogP contribution in [-0.2, 0) is 13.2 Å². The van der Waals surface area contributed by atoms with Gasteiger partial charge in [0.2, 0.25) is 0 Å². The number of thiazole rings is 1. The minimum atomic E-state index is 0.535. The third-order valence-electron chi connectivity index (χ3n) is 2.71. The van der Waals surface area contributed by atoms with E-state index in [0.29, 0.717) is 6.61 Å². The van der Waals surface area contributed by atoms with Crippen LogP contribution in [0.2, 0.25) is 0 Å². The summed E-state index contributed by atoms with van der Waals surface area (Å²) in [6.45, 7) is 6.51. The number of ether oxygens (including phenoxy) is 1. The van der Waals surface area contributed by atoms with Crippen molar-refractivity contribution >= 4 is 11.3 Å². The maximum absolute atomic E-state index is 5.91. The minimum absolute atomic E-state index is 0.535. The molecule has 0 aliphatic heterocycles. The number of benzene rings is 1. The van der Waals surface area contributed by atoms with Gasteiger partial charge in [-0.2, -0.15) is 0 Å². The van der Waals surface area contributed by atoms with Crippen LogP contribution in [0.5, 0.6) is 5.75 Å². The summed E-state index contributed by atoms with van der Waals surface area (Å²) in [5, 5.41) is 5.35. The average Bonchev–Trinajstić information content (AvgIpc) is 2.88. The van der Waals surface area contributed by atoms with Gasteiger partial charge in [-0.3, -0.25) is 0 Å². The highest BCUT2D eigenvalue weighted by atomic mass is 32.1. The monoisotopic (exact) mass is 262 g/mol. The van der Waals surface area contributed by atoms with Crippen LogP contribution in [0.15, 0.2) is 29.1 Å². The number of aryl methyl sites for hydroxylation is 1. The molecule has 1 N–H and O–H groups in total. The highest BCUT2D eigenvalue weighted by Gasteiger charge is 2.07. The van der Waals surface area contributed by atoms with Crippen LogP contribution in [0.25, 0.3) is 0 Å². The first-order valence-electron chi connectivity index (χ1n) is 6.10. The lowest BCUT2D eigenvalue weighted by Gasteiger charge is -2.13. The van der Waals surface area contributed by atoms with Gasteiger partial charge in [0.05, 0.1) is 11.2 Å². The lowest BCUT2D eigenvalue weighted by molar-refractivity contribution is 0.296. The van der Waals surface area contributed by atoms with Crippen LogP contribution in [0, 0.1) is 6.92 Å². The van der Waals surface area contributed by atoms with Crippen molar-refractivity contribution in [2.75, 3.05) is 6.54 Å². The molecule has 1 aromatic heterocycles. The van der Waals surface area contributed by atoms with E-state index in [1.54, 1.807) is 11.3 Å². The summed E-state index contributed by atoms with van der Waals surface area (Å²) >= 11 is 1.59. The quantitative estimate of drug-likeness (QED) is 0.868. The van der Waals surface area contributed by atoms with Crippen LogP contribution < -0.4 is 10.1 Å². The number of nitrogens with zero attached hydrogens (tertiary/aromatic N) is 1. The highest BCUT2D eigenvalue weighted by molar-refractivity contribution is 7.07. The molecule has 0 amide bonds. The first kappa shape index (κ1) is 13.1. The molecule has 0 aliphatic carbocycles. The van der Waals surface area contributed by atoms with E-state index in [4.69, 9.17) is 4.74 Å². The molecule has 0 fully saturated rings. The molecule has 0 radical (unpaired) electrons. The molecule has 3 nitrogen and oxygen atoms in total. The minimum Gasteiger partial charge on any atom is -0.487 e. The second-order valence-corrected chi connectivity index (χ2v) is 4.83. The van der Waals surface area contributed by atoms with Gasteiger partial charge < -0.3 is 10.1 Å². The Morgan fingerprint density at radius 1 is 1.39 bits per heavy atom. The lowest BCUT2D eigenvalue weighted by Crippen LogP contribution is -2.13. The Labute approximate surface area is 112 Å². The molecule has 2 aromatic rings. The van der Waals surface area contributed by atoms with E-state index in [2.05, 4.69) is 42.3 Å². The van der Waals surface area contributed by atoms with Crippen LogP contribution >= 0.6 is 11.3 Å². The van der Waals surface area contributed by atoms with Gasteiger partial charge in [0.1, 0.15) is 12.4 Å². The van der Waals surface area contributed by atoms with E-state index < -0.39 is 0 Å². The summed E-state index contributed by atoms with van der Waals surface area (Å²) in [5.41, 5.74) is 5.18. The smallest absolute Gasteiger partial charge is 0.131 e. The van der Waals surface area contributed by atoms with Gasteiger partial charge in [-0.15, -0.1) is 11.3 Å². The molecule has 0 atom stereocenters. The number of rotatable bonds is 6. The fraction of sp³-hybridized carbons (Fsp3) is 0.357. The number of hydrogen-bond acceptors (Lipinski definition) is 4. The maximum atomic E-state index is 5.91. The van der Waals surface area contributed by atoms with Crippen molar-refractivity contribution in [3.8, 4) is 5.75 Å². The zero-order chi connectivity index (χ0) is 12.8. The van der Waals surface area contributed by atoms with Crippen molar-refractivity contribution in [2.24, 2.45) is 0 Å². The summed E-state index contributed by atoms with van der Waals surface area (Å²) in [7, 11) is 0. The van der Waals surface area contributed by atoms with Crippen molar-refractivity contribution in [1.82, 2.24) is 10.3 Å². The molecule has 2 rings (SSSR count). The molecule has 0 bridgehead atoms. The summed E-state index contributed by atoms with van der Waals surface area (Å²) in [4.78, 5) is 4.23. The Balaban J connectivity index is 2.09. The van der Waals surface area contributed by atoms with E-state index in [9.17, 15) is 0 Å². The van der Waals surface area contributed by atoms with Gasteiger partial charge >= 0.3 is 0 Å². The first-order chi connectivity index (χ1) is 8.81. The fourth-order valence-electron chi connectivity index (χ4n) is 1.77. The second kappa shape index (κ2) is 6.52. The van der Waals surface area contributed by atoms with Crippen molar-refractivity contribution in [3.63, 3.8) is 0 Å². The molecular weight excluding hydrogens is 244 g/mol. The van der Waals surface area contributed by atoms with Crippen molar-refractivity contribution in [2.45, 2.75) is 27.0 Å². The Kier molecular flexibility index (Phi) is 4.73. The van der Waals surface area contributed by atoms with Gasteiger partial charge in [0, 0.05) is 17.5 Å². The number of aromatic nitrogens is 1. The van der Waals surface area contributed by atoms with Crippen LogP contribution in [0.1, 0.15) is 23.7 Å². The molecule has 0 saturated carbocycles. The van der Waals surface area contributed by atoms with Gasteiger partial charge in [-0.1, -0.05) is 25.1 Å². The van der Waals surface area contributed by atoms with Crippen molar-refractivity contribution in [3.05, 3.63) is 45.9 Å². The maximum Gasteiger partial charge on any atom is 0.131 e. The number of para-hydroxylation sites is 1. The SMILES string of the molecule is CCNCc1cccc(C)c1OCc1cscn1. The third kappa shape index (κ3) is 3.31. The van der Waals surface area contributed by atoms with E-state index in [-0.39, 0.29) is 0 Å². The van der Waals surface area contributed by atoms with Crippen LogP contribution in [0.3, 0.4) is 0 Å². The molecule has 0 unspecified atom stereocenters. The predicted molar refractivity (Wildman–Crippen MR) is 75.0 cm³/mol. The van der Waals surface area contributed by atoms with E-state index in [1.807, 2.05) is 10.9 Å². The topological polar surface area (TPSA) is 34.1 Å². The highest BCUT2D eigenvalue weighted by Crippen LogP contribution is 2.24. The van der Waals surface area contributed by atoms with Gasteiger partial charge in [-0.25, -0.2) is 4.98 Å². The fourth-order valence-corrected chi connectivity index (χ4v) is 2.32. The molecule has 18 heavy (non-hydrogen) atoms. The Morgan fingerprint density at radius 3 is 3.00 bits per heavy atom. The zero-order valence-electron chi connectivity index (χ0n) is 10.8. The standard InChI is InChI=1S/C14H18N2OS/c1-3-15-7-12-6-4-5-11(2)14(12)17-8-13-9-18-10-16-13/h4-6,9-10,15H,3,7-8H2,1-2H3. The molecule has 4 heteroatoms. The molecule has 0 spiro atoms. The number of hydrogen-bond donors (Lipinski definition) is 1. The molecule has 0 aliphatic rings. The molecule has 1 heterocycles. The molecular formula is C14H18N2OS. The first-order valence-corrected chi connectivity index (χ1v) is 7.04. The molecule has 96 valence electrons. The predicted octanol–water partition coefficient (Wildman–Crippen LogP) is 3.14. The van der Waals surface area contributed by atoms with E-state index in [0.717, 1.165) is 24.5 Å². The van der Waals surface area contributed by atoms with Gasteiger partial charge in [-0.05, 0) is 19.0 Å². The summed E-state index contributed by atoms with van der Waals surface area (Å²) < 4.78 is 5.91. The van der Waals surface area contributed by atoms with E-state index in [1.165, 1.54) is 11.1 Å². The molecule has 1 aromatic carbocycles. The normalized spacial score (nSPS) is 10.6. The summed E-state index contributed by atoms with van der Waals surface area (Å²) in [6, 6.07) is 6.25. The van der Waals surface area contributed by atoms with Crippen molar-refractivity contribution in [1.29, 1.82) is 0 Å². The van der Waals surface area contributed by atoms with E-state index >= 15 is 0 Å². The molecule has 0 saturated heterocycles. The largest absolute Gasteiger partial charge is 0.487 e. The summed E-state index contributed by atoms with van der Waals surface area (Å²) in [6.07, 6.45) is 0. The number of nitrogens with one attached hydrogen (secondary N) is 1. The Morgan fingerprint density at radius 2 is 2.28 bits per heavy atom. The van der Waals surface area contributed by atoms with Crippen LogP contribution in [0.4, 0.5) is 0 Å². The third-order valence-corrected chi connectivity index (χ3v) is 3.34.